The third kappa shape index (κ3) is 4.01. The number of alkyl halides is 3. The first-order valence-electron chi connectivity index (χ1n) is 5.12. The van der Waals surface area contributed by atoms with Gasteiger partial charge < -0.3 is 4.85 Å². The molecule has 8 heteroatoms. The van der Waals surface area contributed by atoms with E-state index in [2.05, 4.69) is 14.8 Å². The van der Waals surface area contributed by atoms with Gasteiger partial charge in [-0.3, -0.25) is 4.85 Å². The standard InChI is InChI=1S/C11H8F3N5/c1-16-9-3-6-19(18-9)8-10(7-15,17-2)4-5-11(12,13)14/h3,6H,4-5,8H2. The van der Waals surface area contributed by atoms with Crippen LogP contribution in [0, 0.1) is 24.5 Å². The first kappa shape index (κ1) is 14.5. The molecule has 1 heterocycles. The number of nitrogens with zero attached hydrogens (tertiary/aromatic N) is 5. The zero-order chi connectivity index (χ0) is 14.5. The van der Waals surface area contributed by atoms with Crippen LogP contribution in [-0.2, 0) is 6.54 Å². The van der Waals surface area contributed by atoms with E-state index in [0.717, 1.165) is 4.68 Å². The second-order valence-corrected chi connectivity index (χ2v) is 3.85. The maximum atomic E-state index is 12.2. The second kappa shape index (κ2) is 5.41. The van der Waals surface area contributed by atoms with Crippen LogP contribution in [-0.4, -0.2) is 21.5 Å². The number of nitriles is 1. The molecule has 0 N–H and O–H groups in total. The topological polar surface area (TPSA) is 50.3 Å². The Morgan fingerprint density at radius 1 is 1.37 bits per heavy atom. The molecule has 0 bridgehead atoms. The van der Waals surface area contributed by atoms with Crippen molar-refractivity contribution in [2.45, 2.75) is 31.1 Å². The SMILES string of the molecule is [C-]#[N+]c1ccn(CC(C#N)(CCC(F)(F)F)[N+]#[C-])n1. The fourth-order valence-electron chi connectivity index (χ4n) is 1.40. The van der Waals surface area contributed by atoms with Crippen LogP contribution in [0.25, 0.3) is 9.69 Å². The summed E-state index contributed by atoms with van der Waals surface area (Å²) in [6, 6.07) is 2.99. The molecule has 1 rings (SSSR count). The molecule has 0 radical (unpaired) electrons. The number of hydrogen-bond acceptors (Lipinski definition) is 2. The highest BCUT2D eigenvalue weighted by atomic mass is 19.4. The normalized spacial score (nSPS) is 13.9. The summed E-state index contributed by atoms with van der Waals surface area (Å²) < 4.78 is 37.7. The average Bonchev–Trinajstić information content (AvgIpc) is 2.81. The Morgan fingerprint density at radius 2 is 2.05 bits per heavy atom. The van der Waals surface area contributed by atoms with Gasteiger partial charge in [-0.05, 0) is 11.2 Å². The number of aromatic nitrogens is 2. The van der Waals surface area contributed by atoms with Crippen LogP contribution < -0.4 is 0 Å². The van der Waals surface area contributed by atoms with E-state index in [-0.39, 0.29) is 12.4 Å². The Labute approximate surface area is 107 Å². The van der Waals surface area contributed by atoms with Gasteiger partial charge in [0.1, 0.15) is 0 Å². The third-order valence-electron chi connectivity index (χ3n) is 2.41. The number of rotatable bonds is 4. The summed E-state index contributed by atoms with van der Waals surface area (Å²) in [5.41, 5.74) is -1.82. The number of halogens is 3. The third-order valence-corrected chi connectivity index (χ3v) is 2.41. The summed E-state index contributed by atoms with van der Waals surface area (Å²) >= 11 is 0. The molecule has 0 aliphatic rings. The van der Waals surface area contributed by atoms with Gasteiger partial charge in [-0.25, -0.2) is 6.57 Å². The van der Waals surface area contributed by atoms with E-state index in [1.165, 1.54) is 12.3 Å². The van der Waals surface area contributed by atoms with Crippen molar-refractivity contribution >= 4 is 5.82 Å². The molecule has 5 nitrogen and oxygen atoms in total. The van der Waals surface area contributed by atoms with Crippen molar-refractivity contribution in [2.24, 2.45) is 0 Å². The van der Waals surface area contributed by atoms with E-state index in [0.29, 0.717) is 0 Å². The van der Waals surface area contributed by atoms with Crippen LogP contribution in [0.3, 0.4) is 0 Å². The fourth-order valence-corrected chi connectivity index (χ4v) is 1.40. The highest BCUT2D eigenvalue weighted by Crippen LogP contribution is 2.29. The lowest BCUT2D eigenvalue weighted by molar-refractivity contribution is -0.137. The summed E-state index contributed by atoms with van der Waals surface area (Å²) in [4.78, 5) is 6.06. The lowest BCUT2D eigenvalue weighted by atomic mass is 9.96. The smallest absolute Gasteiger partial charge is 0.359 e. The Kier molecular flexibility index (Phi) is 4.14. The van der Waals surface area contributed by atoms with E-state index in [1.807, 2.05) is 0 Å². The fraction of sp³-hybridized carbons (Fsp3) is 0.455. The summed E-state index contributed by atoms with van der Waals surface area (Å²) in [5, 5.41) is 12.7. The summed E-state index contributed by atoms with van der Waals surface area (Å²) in [7, 11) is 0. The van der Waals surface area contributed by atoms with Gasteiger partial charge in [-0.15, -0.1) is 0 Å². The lowest BCUT2D eigenvalue weighted by Crippen LogP contribution is -2.31. The summed E-state index contributed by atoms with van der Waals surface area (Å²) in [5.74, 6) is 0.0626. The van der Waals surface area contributed by atoms with Gasteiger partial charge in [0.2, 0.25) is 0 Å². The molecule has 0 aliphatic heterocycles. The van der Waals surface area contributed by atoms with E-state index in [9.17, 15) is 13.2 Å². The molecule has 19 heavy (non-hydrogen) atoms. The van der Waals surface area contributed by atoms with Gasteiger partial charge in [0.15, 0.2) is 12.6 Å². The van der Waals surface area contributed by atoms with Crippen molar-refractivity contribution in [1.82, 2.24) is 9.78 Å². The van der Waals surface area contributed by atoms with Crippen molar-refractivity contribution in [1.29, 1.82) is 5.26 Å². The monoisotopic (exact) mass is 267 g/mol. The molecule has 1 atom stereocenters. The van der Waals surface area contributed by atoms with Crippen LogP contribution in [0.5, 0.6) is 0 Å². The predicted octanol–water partition coefficient (Wildman–Crippen LogP) is 2.96. The largest absolute Gasteiger partial charge is 0.389 e. The Morgan fingerprint density at radius 3 is 2.47 bits per heavy atom. The quantitative estimate of drug-likeness (QED) is 0.787. The Hall–Kier alpha value is -2.53. The highest BCUT2D eigenvalue weighted by Gasteiger charge is 2.43. The van der Waals surface area contributed by atoms with Crippen molar-refractivity contribution in [2.75, 3.05) is 0 Å². The Balaban J connectivity index is 2.86. The minimum absolute atomic E-state index is 0.0626. The molecule has 0 fully saturated rings. The molecule has 1 aromatic heterocycles. The predicted molar refractivity (Wildman–Crippen MR) is 58.7 cm³/mol. The molecule has 0 saturated carbocycles. The van der Waals surface area contributed by atoms with Crippen LogP contribution >= 0.6 is 0 Å². The number of hydrogen-bond donors (Lipinski definition) is 0. The van der Waals surface area contributed by atoms with Crippen LogP contribution in [0.4, 0.5) is 19.0 Å². The van der Waals surface area contributed by atoms with Crippen LogP contribution in [0.15, 0.2) is 12.3 Å². The van der Waals surface area contributed by atoms with Gasteiger partial charge in [0.05, 0.1) is 12.8 Å². The average molecular weight is 267 g/mol. The van der Waals surface area contributed by atoms with Gasteiger partial charge in [0, 0.05) is 6.20 Å². The Bertz CT molecular complexity index is 553. The van der Waals surface area contributed by atoms with Gasteiger partial charge in [-0.1, -0.05) is 6.57 Å². The molecular weight excluding hydrogens is 259 g/mol. The van der Waals surface area contributed by atoms with E-state index < -0.39 is 24.6 Å². The molecule has 98 valence electrons. The summed E-state index contributed by atoms with van der Waals surface area (Å²) in [6.07, 6.45) is -4.89. The van der Waals surface area contributed by atoms with Crippen molar-refractivity contribution in [3.05, 3.63) is 35.1 Å². The lowest BCUT2D eigenvalue weighted by Gasteiger charge is -2.14. The molecule has 0 saturated heterocycles. The van der Waals surface area contributed by atoms with Gasteiger partial charge >= 0.3 is 11.7 Å². The van der Waals surface area contributed by atoms with Crippen LogP contribution in [0.1, 0.15) is 12.8 Å². The minimum atomic E-state index is -4.42. The first-order valence-corrected chi connectivity index (χ1v) is 5.12. The van der Waals surface area contributed by atoms with E-state index in [1.54, 1.807) is 6.07 Å². The van der Waals surface area contributed by atoms with E-state index >= 15 is 0 Å². The molecular formula is C11H8F3N5. The maximum absolute atomic E-state index is 12.2. The zero-order valence-corrected chi connectivity index (χ0v) is 9.65. The second-order valence-electron chi connectivity index (χ2n) is 3.85. The first-order chi connectivity index (χ1) is 8.84. The van der Waals surface area contributed by atoms with Crippen molar-refractivity contribution in [3.63, 3.8) is 0 Å². The van der Waals surface area contributed by atoms with Gasteiger partial charge in [0.25, 0.3) is 5.82 Å². The molecule has 1 unspecified atom stereocenters. The molecule has 1 aromatic rings. The molecule has 0 amide bonds. The van der Waals surface area contributed by atoms with Crippen molar-refractivity contribution < 1.29 is 13.2 Å². The van der Waals surface area contributed by atoms with E-state index in [4.69, 9.17) is 18.4 Å². The maximum Gasteiger partial charge on any atom is 0.389 e. The van der Waals surface area contributed by atoms with Crippen molar-refractivity contribution in [3.8, 4) is 6.07 Å². The summed E-state index contributed by atoms with van der Waals surface area (Å²) in [6.45, 7) is 13.4. The minimum Gasteiger partial charge on any atom is -0.359 e. The van der Waals surface area contributed by atoms with Gasteiger partial charge in [-0.2, -0.15) is 23.1 Å². The molecule has 0 spiro atoms. The zero-order valence-electron chi connectivity index (χ0n) is 9.65. The molecule has 0 aromatic carbocycles. The molecule has 0 aliphatic carbocycles. The van der Waals surface area contributed by atoms with Crippen LogP contribution in [0.2, 0.25) is 0 Å². The highest BCUT2D eigenvalue weighted by molar-refractivity contribution is 5.33.